The summed E-state index contributed by atoms with van der Waals surface area (Å²) in [6.45, 7) is 2.82. The number of hydrazone groups is 1. The number of fused-ring (bicyclic) bond motifs is 1. The summed E-state index contributed by atoms with van der Waals surface area (Å²) in [6.07, 6.45) is 0.0302. The fraction of sp³-hybridized carbons (Fsp3) is 0.356. The first-order valence-corrected chi connectivity index (χ1v) is 20.6. The van der Waals surface area contributed by atoms with Gasteiger partial charge in [0.2, 0.25) is 29.5 Å². The minimum atomic E-state index is -3.11. The van der Waals surface area contributed by atoms with Crippen LogP contribution in [-0.2, 0) is 53.6 Å². The van der Waals surface area contributed by atoms with Crippen LogP contribution in [0.15, 0.2) is 71.8 Å². The maximum atomic E-state index is 13.8. The van der Waals surface area contributed by atoms with Crippen molar-refractivity contribution >= 4 is 70.0 Å². The number of nitrogens with zero attached hydrogens (tertiary/aromatic N) is 3. The molecule has 3 aliphatic heterocycles. The second-order valence-corrected chi connectivity index (χ2v) is 15.0. The van der Waals surface area contributed by atoms with Crippen molar-refractivity contribution in [2.45, 2.75) is 38.7 Å². The van der Waals surface area contributed by atoms with Crippen LogP contribution >= 0.6 is 0 Å². The molecule has 3 heterocycles. The van der Waals surface area contributed by atoms with E-state index in [9.17, 15) is 47.1 Å². The van der Waals surface area contributed by atoms with Gasteiger partial charge >= 0.3 is 0 Å². The van der Waals surface area contributed by atoms with Crippen molar-refractivity contribution in [2.75, 3.05) is 75.0 Å². The average molecular weight is 914 g/mol. The number of amides is 8. The van der Waals surface area contributed by atoms with Crippen LogP contribution in [0.4, 0.5) is 25.8 Å². The van der Waals surface area contributed by atoms with E-state index in [0.717, 1.165) is 22.9 Å². The van der Waals surface area contributed by atoms with Crippen LogP contribution in [0.5, 0.6) is 0 Å². The van der Waals surface area contributed by atoms with E-state index in [4.69, 9.17) is 18.9 Å². The summed E-state index contributed by atoms with van der Waals surface area (Å²) in [4.78, 5) is 101. The molecule has 1 saturated heterocycles. The van der Waals surface area contributed by atoms with E-state index in [1.165, 1.54) is 43.3 Å². The molecule has 0 aromatic heterocycles. The molecule has 6 rings (SSSR count). The molecule has 2 atom stereocenters. The SMILES string of the molecule is CC1=NN(c2cccc(C#CCNC(=O)COCCOCCOCCOCC(=O)Nc3ccc4c(c3)C(=O)N(C3CCC(=O)NC3=O)C4=O)c2)C(=O)C1C(=O)Nc1cccc(C(C)(F)F)c1. The molecule has 21 heteroatoms. The molecule has 3 aromatic rings. The molecule has 3 aliphatic rings. The van der Waals surface area contributed by atoms with Gasteiger partial charge in [0.25, 0.3) is 23.6 Å². The number of imide groups is 2. The number of ether oxygens (including phenoxy) is 4. The van der Waals surface area contributed by atoms with E-state index in [0.29, 0.717) is 11.3 Å². The number of rotatable bonds is 20. The number of carbonyl (C=O) groups excluding carboxylic acids is 8. The first-order chi connectivity index (χ1) is 31.6. The molecular formula is C45H45F2N7O12. The van der Waals surface area contributed by atoms with Gasteiger partial charge in [0, 0.05) is 35.8 Å². The van der Waals surface area contributed by atoms with Crippen molar-refractivity contribution in [1.29, 1.82) is 0 Å². The molecule has 19 nitrogen and oxygen atoms in total. The Balaban J connectivity index is 0.788. The number of alkyl halides is 2. The Hall–Kier alpha value is -7.25. The Labute approximate surface area is 376 Å². The van der Waals surface area contributed by atoms with Crippen LogP contribution in [-0.4, -0.2) is 123 Å². The summed E-state index contributed by atoms with van der Waals surface area (Å²) in [5, 5.41) is 15.2. The summed E-state index contributed by atoms with van der Waals surface area (Å²) >= 11 is 0. The largest absolute Gasteiger partial charge is 0.377 e. The van der Waals surface area contributed by atoms with Gasteiger partial charge in [-0.3, -0.25) is 48.6 Å². The third-order valence-electron chi connectivity index (χ3n) is 10.0. The lowest BCUT2D eigenvalue weighted by molar-refractivity contribution is -0.136. The average Bonchev–Trinajstić information content (AvgIpc) is 3.71. The fourth-order valence-electron chi connectivity index (χ4n) is 6.83. The molecule has 4 N–H and O–H groups in total. The van der Waals surface area contributed by atoms with Gasteiger partial charge in [-0.2, -0.15) is 10.1 Å². The fourth-order valence-corrected chi connectivity index (χ4v) is 6.83. The lowest BCUT2D eigenvalue weighted by atomic mass is 10.0. The predicted octanol–water partition coefficient (Wildman–Crippen LogP) is 2.35. The Morgan fingerprint density at radius 1 is 0.803 bits per heavy atom. The summed E-state index contributed by atoms with van der Waals surface area (Å²) in [7, 11) is 0. The smallest absolute Gasteiger partial charge is 0.270 e. The van der Waals surface area contributed by atoms with Crippen LogP contribution in [0, 0.1) is 17.8 Å². The maximum absolute atomic E-state index is 13.8. The van der Waals surface area contributed by atoms with Crippen LogP contribution in [0.1, 0.15) is 58.5 Å². The van der Waals surface area contributed by atoms with E-state index >= 15 is 0 Å². The summed E-state index contributed by atoms with van der Waals surface area (Å²) in [5.41, 5.74) is 1.30. The van der Waals surface area contributed by atoms with Crippen molar-refractivity contribution in [1.82, 2.24) is 15.5 Å². The Bertz CT molecular complexity index is 2500. The third kappa shape index (κ3) is 12.5. The van der Waals surface area contributed by atoms with Crippen molar-refractivity contribution in [3.8, 4) is 11.8 Å². The van der Waals surface area contributed by atoms with E-state index in [2.05, 4.69) is 38.2 Å². The molecule has 0 bridgehead atoms. The highest BCUT2D eigenvalue weighted by Crippen LogP contribution is 2.31. The standard InChI is InChI=1S/C45H45F2N7O12/c1-27-39(41(59)50-30-9-4-8-29(23-30)45(2,46)47)44(62)54(52-27)32-10-3-6-28(22-32)7-5-15-48-37(56)25-65-20-18-63-16-17-64-19-21-66-26-38(57)49-31-11-12-33-34(24-31)43(61)53(42(33)60)35-13-14-36(55)51-40(35)58/h3-4,6,8-12,22-24,35,39H,13-21,25-26H2,1-2H3,(H,48,56)(H,49,57)(H,50,59)(H,51,55,58). The highest BCUT2D eigenvalue weighted by Gasteiger charge is 2.45. The molecule has 0 aliphatic carbocycles. The number of piperidine rings is 1. The highest BCUT2D eigenvalue weighted by molar-refractivity contribution is 6.29. The number of anilines is 3. The number of hydrogen-bond acceptors (Lipinski definition) is 13. The van der Waals surface area contributed by atoms with Gasteiger partial charge in [-0.05, 0) is 61.9 Å². The molecule has 1 fully saturated rings. The number of halogens is 2. The van der Waals surface area contributed by atoms with Crippen LogP contribution in [0.25, 0.3) is 0 Å². The lowest BCUT2D eigenvalue weighted by Gasteiger charge is -2.27. The van der Waals surface area contributed by atoms with Crippen molar-refractivity contribution in [3.63, 3.8) is 0 Å². The molecule has 2 unspecified atom stereocenters. The van der Waals surface area contributed by atoms with Gasteiger partial charge in [0.15, 0.2) is 5.92 Å². The molecule has 8 amide bonds. The Kier molecular flexibility index (Phi) is 16.1. The van der Waals surface area contributed by atoms with Gasteiger partial charge in [-0.1, -0.05) is 30.0 Å². The molecule has 0 radical (unpaired) electrons. The zero-order valence-corrected chi connectivity index (χ0v) is 35.8. The summed E-state index contributed by atoms with van der Waals surface area (Å²) in [5.74, 6) is -3.44. The van der Waals surface area contributed by atoms with Crippen LogP contribution < -0.4 is 26.3 Å². The van der Waals surface area contributed by atoms with Gasteiger partial charge < -0.3 is 34.9 Å². The first-order valence-electron chi connectivity index (χ1n) is 20.6. The highest BCUT2D eigenvalue weighted by atomic mass is 19.3. The topological polar surface area (TPSA) is 240 Å². The van der Waals surface area contributed by atoms with E-state index in [1.807, 2.05) is 0 Å². The minimum Gasteiger partial charge on any atom is -0.377 e. The summed E-state index contributed by atoms with van der Waals surface area (Å²) < 4.78 is 49.0. The monoisotopic (exact) mass is 913 g/mol. The second kappa shape index (κ2) is 22.1. The van der Waals surface area contributed by atoms with Gasteiger partial charge in [-0.15, -0.1) is 0 Å². The second-order valence-electron chi connectivity index (χ2n) is 15.0. The third-order valence-corrected chi connectivity index (χ3v) is 10.0. The van der Waals surface area contributed by atoms with Gasteiger partial charge in [-0.25, -0.2) is 8.78 Å². The zero-order chi connectivity index (χ0) is 47.4. The normalized spacial score (nSPS) is 16.9. The van der Waals surface area contributed by atoms with Gasteiger partial charge in [0.1, 0.15) is 19.3 Å². The Morgan fingerprint density at radius 3 is 2.15 bits per heavy atom. The zero-order valence-electron chi connectivity index (χ0n) is 35.8. The summed E-state index contributed by atoms with van der Waals surface area (Å²) in [6, 6.07) is 14.9. The van der Waals surface area contributed by atoms with Crippen LogP contribution in [0.2, 0.25) is 0 Å². The maximum Gasteiger partial charge on any atom is 0.270 e. The lowest BCUT2D eigenvalue weighted by Crippen LogP contribution is -2.54. The van der Waals surface area contributed by atoms with Crippen molar-refractivity contribution < 1.29 is 66.1 Å². The van der Waals surface area contributed by atoms with Crippen LogP contribution in [0.3, 0.4) is 0 Å². The minimum absolute atomic E-state index is 0.000920. The molecule has 3 aromatic carbocycles. The first kappa shape index (κ1) is 48.2. The quantitative estimate of drug-likeness (QED) is 0.0553. The predicted molar refractivity (Wildman–Crippen MR) is 230 cm³/mol. The molecule has 66 heavy (non-hydrogen) atoms. The molecule has 0 spiro atoms. The van der Waals surface area contributed by atoms with Crippen molar-refractivity contribution in [3.05, 3.63) is 89.0 Å². The molecule has 0 saturated carbocycles. The number of benzene rings is 3. The number of carbonyl (C=O) groups is 8. The van der Waals surface area contributed by atoms with E-state index in [-0.39, 0.29) is 106 Å². The van der Waals surface area contributed by atoms with E-state index in [1.54, 1.807) is 24.3 Å². The van der Waals surface area contributed by atoms with Gasteiger partial charge in [0.05, 0.1) is 68.7 Å². The molecule has 346 valence electrons. The van der Waals surface area contributed by atoms with E-state index < -0.39 is 65.1 Å². The molecular weight excluding hydrogens is 869 g/mol. The van der Waals surface area contributed by atoms with Crippen molar-refractivity contribution in [2.24, 2.45) is 11.0 Å². The number of nitrogens with one attached hydrogen (secondary N) is 4. The number of hydrogen-bond donors (Lipinski definition) is 4. The Morgan fingerprint density at radius 2 is 1.45 bits per heavy atom.